The first kappa shape index (κ1) is 11.8. The average Bonchev–Trinajstić information content (AvgIpc) is 2.21. The Bertz CT molecular complexity index is 341. The minimum atomic E-state index is -0.258. The largest absolute Gasteiger partial charge is 0.198 e. The second-order valence-corrected chi connectivity index (χ2v) is 4.74. The van der Waals surface area contributed by atoms with Gasteiger partial charge in [0.2, 0.25) is 0 Å². The molecule has 0 saturated heterocycles. The number of aryl methyl sites for hydroxylation is 1. The fraction of sp³-hybridized carbons (Fsp3) is 0.500. The van der Waals surface area contributed by atoms with Gasteiger partial charge < -0.3 is 0 Å². The van der Waals surface area contributed by atoms with Crippen LogP contribution in [-0.4, -0.2) is 0 Å². The zero-order valence-electron chi connectivity index (χ0n) is 9.88. The number of hydrogen-bond donors (Lipinski definition) is 0. The molecule has 0 spiro atoms. The summed E-state index contributed by atoms with van der Waals surface area (Å²) in [5.74, 6) is 0. The van der Waals surface area contributed by atoms with Crippen molar-refractivity contribution in [3.8, 4) is 6.07 Å². The van der Waals surface area contributed by atoms with Gasteiger partial charge in [-0.25, -0.2) is 0 Å². The summed E-state index contributed by atoms with van der Waals surface area (Å²) < 4.78 is 0. The number of nitrogens with zero attached hydrogens (tertiary/aromatic N) is 1. The minimum absolute atomic E-state index is 0.258. The minimum Gasteiger partial charge on any atom is -0.198 e. The highest BCUT2D eigenvalue weighted by Crippen LogP contribution is 2.20. The summed E-state index contributed by atoms with van der Waals surface area (Å²) in [5.41, 5.74) is 2.38. The molecule has 0 aliphatic rings. The number of nitriles is 1. The smallest absolute Gasteiger partial charge is 0.0687 e. The Kier molecular flexibility index (Phi) is 3.91. The molecule has 0 N–H and O–H groups in total. The third-order valence-corrected chi connectivity index (χ3v) is 2.51. The maximum absolute atomic E-state index is 8.94. The van der Waals surface area contributed by atoms with E-state index in [0.29, 0.717) is 0 Å². The van der Waals surface area contributed by atoms with Crippen LogP contribution >= 0.6 is 0 Å². The second-order valence-electron chi connectivity index (χ2n) is 4.74. The van der Waals surface area contributed by atoms with Crippen LogP contribution in [0.5, 0.6) is 0 Å². The highest BCUT2D eigenvalue weighted by atomic mass is 14.3. The molecule has 15 heavy (non-hydrogen) atoms. The molecule has 0 amide bonds. The summed E-state index contributed by atoms with van der Waals surface area (Å²) in [6.07, 6.45) is 3.15. The normalized spacial score (nSPS) is 11.1. The Morgan fingerprint density at radius 2 is 1.67 bits per heavy atom. The van der Waals surface area contributed by atoms with Crippen molar-refractivity contribution in [2.45, 2.75) is 40.0 Å². The SMILES string of the molecule is CCCc1ccc(CC(C)(C)C#N)cc1. The van der Waals surface area contributed by atoms with E-state index in [1.165, 1.54) is 17.5 Å². The fourth-order valence-electron chi connectivity index (χ4n) is 1.66. The molecule has 0 bridgehead atoms. The summed E-state index contributed by atoms with van der Waals surface area (Å²) in [6.45, 7) is 6.15. The Morgan fingerprint density at radius 3 is 2.13 bits per heavy atom. The van der Waals surface area contributed by atoms with Gasteiger partial charge in [-0.1, -0.05) is 37.6 Å². The maximum atomic E-state index is 8.94. The molecule has 1 aromatic carbocycles. The predicted molar refractivity (Wildman–Crippen MR) is 63.5 cm³/mol. The Morgan fingerprint density at radius 1 is 1.13 bits per heavy atom. The van der Waals surface area contributed by atoms with E-state index >= 15 is 0 Å². The van der Waals surface area contributed by atoms with Crippen molar-refractivity contribution < 1.29 is 0 Å². The van der Waals surface area contributed by atoms with E-state index in [0.717, 1.165) is 12.8 Å². The van der Waals surface area contributed by atoms with Crippen LogP contribution in [-0.2, 0) is 12.8 Å². The number of benzene rings is 1. The molecule has 0 aromatic heterocycles. The highest BCUT2D eigenvalue weighted by molar-refractivity contribution is 5.24. The average molecular weight is 201 g/mol. The van der Waals surface area contributed by atoms with Crippen molar-refractivity contribution in [2.75, 3.05) is 0 Å². The maximum Gasteiger partial charge on any atom is 0.0687 e. The van der Waals surface area contributed by atoms with Crippen LogP contribution in [0.2, 0.25) is 0 Å². The molecule has 1 aromatic rings. The molecular weight excluding hydrogens is 182 g/mol. The standard InChI is InChI=1S/C14H19N/c1-4-5-12-6-8-13(9-7-12)10-14(2,3)11-15/h6-9H,4-5,10H2,1-3H3. The van der Waals surface area contributed by atoms with Gasteiger partial charge in [0.15, 0.2) is 0 Å². The summed E-state index contributed by atoms with van der Waals surface area (Å²) in [6, 6.07) is 11.0. The van der Waals surface area contributed by atoms with E-state index in [9.17, 15) is 0 Å². The molecule has 0 saturated carbocycles. The second kappa shape index (κ2) is 4.98. The molecule has 0 atom stereocenters. The third kappa shape index (κ3) is 3.75. The van der Waals surface area contributed by atoms with Gasteiger partial charge in [-0.2, -0.15) is 5.26 Å². The van der Waals surface area contributed by atoms with Crippen LogP contribution in [0.1, 0.15) is 38.3 Å². The lowest BCUT2D eigenvalue weighted by atomic mass is 9.87. The van der Waals surface area contributed by atoms with Crippen molar-refractivity contribution in [3.05, 3.63) is 35.4 Å². The van der Waals surface area contributed by atoms with Crippen LogP contribution in [0, 0.1) is 16.7 Å². The summed E-state index contributed by atoms with van der Waals surface area (Å²) in [4.78, 5) is 0. The molecule has 0 aliphatic heterocycles. The number of hydrogen-bond acceptors (Lipinski definition) is 1. The molecule has 80 valence electrons. The summed E-state index contributed by atoms with van der Waals surface area (Å²) >= 11 is 0. The van der Waals surface area contributed by atoms with Gasteiger partial charge in [-0.05, 0) is 37.8 Å². The molecule has 0 radical (unpaired) electrons. The zero-order chi connectivity index (χ0) is 11.3. The third-order valence-electron chi connectivity index (χ3n) is 2.51. The zero-order valence-corrected chi connectivity index (χ0v) is 9.88. The van der Waals surface area contributed by atoms with E-state index in [1.54, 1.807) is 0 Å². The molecule has 1 nitrogen and oxygen atoms in total. The van der Waals surface area contributed by atoms with Crippen LogP contribution in [0.15, 0.2) is 24.3 Å². The molecule has 1 rings (SSSR count). The predicted octanol–water partition coefficient (Wildman–Crippen LogP) is 3.73. The van der Waals surface area contributed by atoms with Crippen molar-refractivity contribution in [3.63, 3.8) is 0 Å². The van der Waals surface area contributed by atoms with Crippen molar-refractivity contribution >= 4 is 0 Å². The first-order chi connectivity index (χ1) is 7.07. The van der Waals surface area contributed by atoms with E-state index in [1.807, 2.05) is 13.8 Å². The van der Waals surface area contributed by atoms with Crippen molar-refractivity contribution in [1.82, 2.24) is 0 Å². The van der Waals surface area contributed by atoms with E-state index in [2.05, 4.69) is 37.3 Å². The van der Waals surface area contributed by atoms with Crippen LogP contribution in [0.4, 0.5) is 0 Å². The van der Waals surface area contributed by atoms with E-state index < -0.39 is 0 Å². The molecule has 0 fully saturated rings. The molecule has 0 heterocycles. The fourth-order valence-corrected chi connectivity index (χ4v) is 1.66. The molecule has 0 aliphatic carbocycles. The molecular formula is C14H19N. The van der Waals surface area contributed by atoms with Gasteiger partial charge in [-0.15, -0.1) is 0 Å². The van der Waals surface area contributed by atoms with Crippen molar-refractivity contribution in [2.24, 2.45) is 5.41 Å². The van der Waals surface area contributed by atoms with Crippen LogP contribution in [0.3, 0.4) is 0 Å². The van der Waals surface area contributed by atoms with Crippen molar-refractivity contribution in [1.29, 1.82) is 5.26 Å². The topological polar surface area (TPSA) is 23.8 Å². The lowest BCUT2D eigenvalue weighted by Crippen LogP contribution is -2.11. The Hall–Kier alpha value is -1.29. The van der Waals surface area contributed by atoms with Gasteiger partial charge in [0.1, 0.15) is 0 Å². The Balaban J connectivity index is 2.69. The van der Waals surface area contributed by atoms with E-state index in [4.69, 9.17) is 5.26 Å². The summed E-state index contributed by atoms with van der Waals surface area (Å²) in [5, 5.41) is 8.94. The van der Waals surface area contributed by atoms with Gasteiger partial charge in [0.25, 0.3) is 0 Å². The van der Waals surface area contributed by atoms with Crippen LogP contribution < -0.4 is 0 Å². The van der Waals surface area contributed by atoms with Gasteiger partial charge >= 0.3 is 0 Å². The first-order valence-corrected chi connectivity index (χ1v) is 5.56. The molecule has 1 heteroatoms. The van der Waals surface area contributed by atoms with Gasteiger partial charge in [0.05, 0.1) is 11.5 Å². The number of rotatable bonds is 4. The quantitative estimate of drug-likeness (QED) is 0.728. The molecule has 0 unspecified atom stereocenters. The highest BCUT2D eigenvalue weighted by Gasteiger charge is 2.16. The van der Waals surface area contributed by atoms with Crippen LogP contribution in [0.25, 0.3) is 0 Å². The monoisotopic (exact) mass is 201 g/mol. The first-order valence-electron chi connectivity index (χ1n) is 5.56. The summed E-state index contributed by atoms with van der Waals surface area (Å²) in [7, 11) is 0. The lowest BCUT2D eigenvalue weighted by molar-refractivity contribution is 0.493. The Labute approximate surface area is 92.7 Å². The van der Waals surface area contributed by atoms with Gasteiger partial charge in [0, 0.05) is 0 Å². The lowest BCUT2D eigenvalue weighted by Gasteiger charge is -2.14. The van der Waals surface area contributed by atoms with Gasteiger partial charge in [-0.3, -0.25) is 0 Å². The van der Waals surface area contributed by atoms with E-state index in [-0.39, 0.29) is 5.41 Å².